The third-order valence-corrected chi connectivity index (χ3v) is 0.879. The molecule has 0 aromatic rings. The van der Waals surface area contributed by atoms with Crippen LogP contribution in [0.2, 0.25) is 0 Å². The Morgan fingerprint density at radius 3 is 2.83 bits per heavy atom. The summed E-state index contributed by atoms with van der Waals surface area (Å²) in [4.78, 5) is 0. The highest BCUT2D eigenvalue weighted by Crippen LogP contribution is 1.99. The normalized spacial score (nSPS) is 21.2. The second-order valence-electron chi connectivity index (χ2n) is 1.57. The van der Waals surface area contributed by atoms with Gasteiger partial charge < -0.3 is 4.74 Å². The number of hydrogen-bond acceptors (Lipinski definition) is 1. The molecule has 0 N–H and O–H groups in total. The Hall–Kier alpha value is -0.300. The highest BCUT2D eigenvalue weighted by molar-refractivity contribution is 5.02. The van der Waals surface area contributed by atoms with Crippen LogP contribution in [0.3, 0.4) is 0 Å². The SMILES string of the molecule is CC1=CCOC1. The second-order valence-corrected chi connectivity index (χ2v) is 1.57. The van der Waals surface area contributed by atoms with Crippen molar-refractivity contribution in [1.29, 1.82) is 0 Å². The molecule has 0 bridgehead atoms. The third kappa shape index (κ3) is 0.601. The van der Waals surface area contributed by atoms with Gasteiger partial charge >= 0.3 is 0 Å². The van der Waals surface area contributed by atoms with Crippen molar-refractivity contribution in [2.75, 3.05) is 13.2 Å². The minimum atomic E-state index is 0.825. The molecule has 0 spiro atoms. The number of rotatable bonds is 0. The van der Waals surface area contributed by atoms with Crippen LogP contribution in [0.15, 0.2) is 11.6 Å². The summed E-state index contributed by atoms with van der Waals surface area (Å²) in [7, 11) is 0. The lowest BCUT2D eigenvalue weighted by Gasteiger charge is -1.83. The van der Waals surface area contributed by atoms with Gasteiger partial charge in [0.05, 0.1) is 13.2 Å². The van der Waals surface area contributed by atoms with E-state index in [2.05, 4.69) is 13.0 Å². The summed E-state index contributed by atoms with van der Waals surface area (Å²) in [6, 6.07) is 0. The van der Waals surface area contributed by atoms with Gasteiger partial charge in [0.2, 0.25) is 0 Å². The molecular formula is C5H8O. The lowest BCUT2D eigenvalue weighted by atomic mass is 10.3. The van der Waals surface area contributed by atoms with Gasteiger partial charge in [-0.2, -0.15) is 0 Å². The van der Waals surface area contributed by atoms with Crippen LogP contribution in [0.4, 0.5) is 0 Å². The van der Waals surface area contributed by atoms with Crippen LogP contribution in [0, 0.1) is 0 Å². The van der Waals surface area contributed by atoms with E-state index in [9.17, 15) is 0 Å². The molecule has 0 aliphatic carbocycles. The smallest absolute Gasteiger partial charge is 0.0679 e. The van der Waals surface area contributed by atoms with E-state index in [1.54, 1.807) is 0 Å². The Morgan fingerprint density at radius 1 is 1.83 bits per heavy atom. The van der Waals surface area contributed by atoms with Crippen molar-refractivity contribution in [3.05, 3.63) is 11.6 Å². The van der Waals surface area contributed by atoms with Crippen molar-refractivity contribution in [2.24, 2.45) is 0 Å². The summed E-state index contributed by atoms with van der Waals surface area (Å²) >= 11 is 0. The first-order valence-electron chi connectivity index (χ1n) is 2.13. The van der Waals surface area contributed by atoms with Gasteiger partial charge in [-0.3, -0.25) is 0 Å². The molecule has 0 saturated carbocycles. The summed E-state index contributed by atoms with van der Waals surface area (Å²) in [6.07, 6.45) is 2.10. The van der Waals surface area contributed by atoms with Crippen molar-refractivity contribution in [2.45, 2.75) is 6.92 Å². The summed E-state index contributed by atoms with van der Waals surface area (Å²) in [6.45, 7) is 3.75. The zero-order valence-corrected chi connectivity index (χ0v) is 3.90. The van der Waals surface area contributed by atoms with Crippen LogP contribution >= 0.6 is 0 Å². The van der Waals surface area contributed by atoms with Crippen molar-refractivity contribution in [3.8, 4) is 0 Å². The van der Waals surface area contributed by atoms with Gasteiger partial charge in [0.1, 0.15) is 0 Å². The van der Waals surface area contributed by atoms with E-state index in [0.717, 1.165) is 13.2 Å². The van der Waals surface area contributed by atoms with Crippen LogP contribution in [0.25, 0.3) is 0 Å². The van der Waals surface area contributed by atoms with Crippen LogP contribution in [0.5, 0.6) is 0 Å². The molecule has 1 nitrogen and oxygen atoms in total. The first-order chi connectivity index (χ1) is 2.89. The van der Waals surface area contributed by atoms with E-state index in [1.807, 2.05) is 0 Å². The molecule has 1 rings (SSSR count). The fourth-order valence-corrected chi connectivity index (χ4v) is 0.480. The Balaban J connectivity index is 2.45. The lowest BCUT2D eigenvalue weighted by molar-refractivity contribution is 0.208. The molecular weight excluding hydrogens is 76.1 g/mol. The molecule has 1 heterocycles. The Labute approximate surface area is 37.6 Å². The van der Waals surface area contributed by atoms with Crippen LogP contribution in [-0.4, -0.2) is 13.2 Å². The number of hydrogen-bond donors (Lipinski definition) is 0. The average molecular weight is 84.1 g/mol. The summed E-state index contributed by atoms with van der Waals surface area (Å²) in [5.74, 6) is 0. The number of ether oxygens (including phenoxy) is 1. The maximum absolute atomic E-state index is 4.96. The monoisotopic (exact) mass is 84.1 g/mol. The van der Waals surface area contributed by atoms with Gasteiger partial charge in [0.25, 0.3) is 0 Å². The average Bonchev–Trinajstić information content (AvgIpc) is 1.86. The lowest BCUT2D eigenvalue weighted by Crippen LogP contribution is -1.80. The van der Waals surface area contributed by atoms with Crippen molar-refractivity contribution in [1.82, 2.24) is 0 Å². The van der Waals surface area contributed by atoms with E-state index in [4.69, 9.17) is 4.74 Å². The molecule has 0 aromatic heterocycles. The van der Waals surface area contributed by atoms with Gasteiger partial charge in [0, 0.05) is 0 Å². The van der Waals surface area contributed by atoms with Crippen molar-refractivity contribution in [3.63, 3.8) is 0 Å². The molecule has 0 atom stereocenters. The van der Waals surface area contributed by atoms with Gasteiger partial charge in [-0.05, 0) is 12.5 Å². The van der Waals surface area contributed by atoms with Crippen molar-refractivity contribution >= 4 is 0 Å². The molecule has 0 aromatic carbocycles. The van der Waals surface area contributed by atoms with E-state index in [1.165, 1.54) is 5.57 Å². The molecule has 0 saturated heterocycles. The molecule has 34 valence electrons. The van der Waals surface area contributed by atoms with Crippen LogP contribution < -0.4 is 0 Å². The summed E-state index contributed by atoms with van der Waals surface area (Å²) < 4.78 is 4.96. The minimum Gasteiger partial charge on any atom is -0.373 e. The molecule has 1 aliphatic heterocycles. The zero-order chi connectivity index (χ0) is 4.41. The van der Waals surface area contributed by atoms with Gasteiger partial charge in [-0.25, -0.2) is 0 Å². The predicted octanol–water partition coefficient (Wildman–Crippen LogP) is 0.963. The molecule has 0 amide bonds. The van der Waals surface area contributed by atoms with Gasteiger partial charge in [0.15, 0.2) is 0 Å². The Morgan fingerprint density at radius 2 is 2.67 bits per heavy atom. The predicted molar refractivity (Wildman–Crippen MR) is 24.6 cm³/mol. The fraction of sp³-hybridized carbons (Fsp3) is 0.600. The largest absolute Gasteiger partial charge is 0.373 e. The first-order valence-corrected chi connectivity index (χ1v) is 2.13. The topological polar surface area (TPSA) is 9.23 Å². The van der Waals surface area contributed by atoms with E-state index >= 15 is 0 Å². The Bertz CT molecular complexity index is 74.0. The second kappa shape index (κ2) is 1.43. The van der Waals surface area contributed by atoms with E-state index in [-0.39, 0.29) is 0 Å². The summed E-state index contributed by atoms with van der Waals surface area (Å²) in [5.41, 5.74) is 1.36. The van der Waals surface area contributed by atoms with Gasteiger partial charge in [-0.1, -0.05) is 6.08 Å². The maximum atomic E-state index is 4.96. The maximum Gasteiger partial charge on any atom is 0.0679 e. The molecule has 1 heteroatoms. The minimum absolute atomic E-state index is 0.825. The van der Waals surface area contributed by atoms with E-state index < -0.39 is 0 Å². The Kier molecular flexibility index (Phi) is 0.926. The van der Waals surface area contributed by atoms with Crippen LogP contribution in [-0.2, 0) is 4.74 Å². The molecule has 6 heavy (non-hydrogen) atoms. The van der Waals surface area contributed by atoms with Crippen molar-refractivity contribution < 1.29 is 4.74 Å². The van der Waals surface area contributed by atoms with Crippen LogP contribution in [0.1, 0.15) is 6.92 Å². The highest BCUT2D eigenvalue weighted by atomic mass is 16.5. The highest BCUT2D eigenvalue weighted by Gasteiger charge is 1.94. The molecule has 0 unspecified atom stereocenters. The zero-order valence-electron chi connectivity index (χ0n) is 3.90. The third-order valence-electron chi connectivity index (χ3n) is 0.879. The standard InChI is InChI=1S/C5H8O/c1-5-2-3-6-4-5/h2H,3-4H2,1H3. The van der Waals surface area contributed by atoms with Gasteiger partial charge in [-0.15, -0.1) is 0 Å². The molecule has 1 aliphatic rings. The fourth-order valence-electron chi connectivity index (χ4n) is 0.480. The summed E-state index contributed by atoms with van der Waals surface area (Å²) in [5, 5.41) is 0. The molecule has 0 fully saturated rings. The quantitative estimate of drug-likeness (QED) is 0.397. The van der Waals surface area contributed by atoms with E-state index in [0.29, 0.717) is 0 Å². The molecule has 0 radical (unpaired) electrons. The first kappa shape index (κ1) is 3.88.